The molecule has 2 aromatic carbocycles. The van der Waals surface area contributed by atoms with Crippen LogP contribution < -0.4 is 9.47 Å². The van der Waals surface area contributed by atoms with Crippen LogP contribution in [-0.4, -0.2) is 64.7 Å². The van der Waals surface area contributed by atoms with Gasteiger partial charge in [-0.25, -0.2) is 0 Å². The predicted molar refractivity (Wildman–Crippen MR) is 141 cm³/mol. The van der Waals surface area contributed by atoms with Crippen molar-refractivity contribution in [2.45, 2.75) is 52.0 Å². The van der Waals surface area contributed by atoms with Crippen LogP contribution in [-0.2, 0) is 24.3 Å². The van der Waals surface area contributed by atoms with Crippen LogP contribution in [0.4, 0.5) is 0 Å². The van der Waals surface area contributed by atoms with Crippen LogP contribution in [0.3, 0.4) is 0 Å². The van der Waals surface area contributed by atoms with Crippen molar-refractivity contribution >= 4 is 17.7 Å². The summed E-state index contributed by atoms with van der Waals surface area (Å²) in [6.07, 6.45) is 1.80. The Kier molecular flexibility index (Phi) is 8.84. The molecule has 1 amide bonds. The van der Waals surface area contributed by atoms with E-state index in [1.165, 1.54) is 11.1 Å². The summed E-state index contributed by atoms with van der Waals surface area (Å²) in [5.41, 5.74) is 3.59. The third-order valence-corrected chi connectivity index (χ3v) is 7.65. The summed E-state index contributed by atoms with van der Waals surface area (Å²) in [5.74, 6) is 2.49. The van der Waals surface area contributed by atoms with Gasteiger partial charge in [0, 0.05) is 44.9 Å². The molecule has 190 valence electrons. The van der Waals surface area contributed by atoms with Gasteiger partial charge < -0.3 is 19.5 Å². The van der Waals surface area contributed by atoms with Crippen LogP contribution in [0, 0.1) is 5.92 Å². The number of carbonyl (C=O) groups is 1. The van der Waals surface area contributed by atoms with E-state index >= 15 is 0 Å². The first-order valence-electron chi connectivity index (χ1n) is 12.8. The number of hydrogen-bond acceptors (Lipinski definition) is 6. The fourth-order valence-electron chi connectivity index (χ4n) is 4.79. The number of hydrogen-bond donors (Lipinski definition) is 1. The van der Waals surface area contributed by atoms with Gasteiger partial charge in [-0.3, -0.25) is 9.69 Å². The summed E-state index contributed by atoms with van der Waals surface area (Å²) in [5, 5.41) is 10.5. The van der Waals surface area contributed by atoms with Crippen molar-refractivity contribution in [3.8, 4) is 17.2 Å². The molecule has 6 nitrogen and oxygen atoms in total. The molecule has 1 N–H and O–H groups in total. The van der Waals surface area contributed by atoms with E-state index in [4.69, 9.17) is 9.47 Å². The largest absolute Gasteiger partial charge is 0.504 e. The van der Waals surface area contributed by atoms with Crippen molar-refractivity contribution < 1.29 is 19.4 Å². The molecule has 2 heterocycles. The minimum absolute atomic E-state index is 0.0733. The third kappa shape index (κ3) is 6.64. The molecular weight excluding hydrogens is 460 g/mol. The zero-order valence-electron chi connectivity index (χ0n) is 21.2. The van der Waals surface area contributed by atoms with Gasteiger partial charge >= 0.3 is 0 Å². The second-order valence-electron chi connectivity index (χ2n) is 9.82. The Morgan fingerprint density at radius 3 is 2.74 bits per heavy atom. The van der Waals surface area contributed by atoms with E-state index in [1.807, 2.05) is 11.0 Å². The molecule has 2 aromatic rings. The van der Waals surface area contributed by atoms with Gasteiger partial charge in [-0.1, -0.05) is 45.0 Å². The van der Waals surface area contributed by atoms with Gasteiger partial charge in [0.1, 0.15) is 0 Å². The molecule has 35 heavy (non-hydrogen) atoms. The summed E-state index contributed by atoms with van der Waals surface area (Å²) < 4.78 is 11.5. The van der Waals surface area contributed by atoms with Crippen molar-refractivity contribution in [2.75, 3.05) is 38.6 Å². The lowest BCUT2D eigenvalue weighted by molar-refractivity contribution is -0.132. The zero-order valence-corrected chi connectivity index (χ0v) is 22.0. The van der Waals surface area contributed by atoms with Crippen molar-refractivity contribution in [3.63, 3.8) is 0 Å². The number of phenols is 1. The fourth-order valence-corrected chi connectivity index (χ4v) is 6.05. The number of ether oxygens (including phenoxy) is 2. The van der Waals surface area contributed by atoms with Crippen LogP contribution in [0.25, 0.3) is 0 Å². The Labute approximate surface area is 213 Å². The van der Waals surface area contributed by atoms with E-state index in [0.29, 0.717) is 43.7 Å². The monoisotopic (exact) mass is 498 g/mol. The molecule has 0 spiro atoms. The summed E-state index contributed by atoms with van der Waals surface area (Å²) >= 11 is 1.76. The Balaban J connectivity index is 1.47. The molecule has 1 atom stereocenters. The number of rotatable bonds is 8. The molecular formula is C28H38N2O4S. The Morgan fingerprint density at radius 2 is 1.97 bits per heavy atom. The molecule has 1 unspecified atom stereocenters. The number of phenolic OH excluding ortho intramolecular Hbond substituents is 1. The van der Waals surface area contributed by atoms with E-state index in [-0.39, 0.29) is 16.9 Å². The van der Waals surface area contributed by atoms with Gasteiger partial charge in [0.2, 0.25) is 11.7 Å². The number of amides is 1. The molecule has 1 saturated heterocycles. The van der Waals surface area contributed by atoms with E-state index < -0.39 is 0 Å². The second kappa shape index (κ2) is 12.0. The first kappa shape index (κ1) is 25.7. The van der Waals surface area contributed by atoms with Crippen LogP contribution in [0.2, 0.25) is 0 Å². The highest BCUT2D eigenvalue weighted by molar-refractivity contribution is 8.00. The maximum absolute atomic E-state index is 13.7. The predicted octanol–water partition coefficient (Wildman–Crippen LogP) is 4.72. The summed E-state index contributed by atoms with van der Waals surface area (Å²) in [7, 11) is 0. The Hall–Kier alpha value is -2.38. The molecule has 0 bridgehead atoms. The average Bonchev–Trinajstić information content (AvgIpc) is 3.09. The lowest BCUT2D eigenvalue weighted by Crippen LogP contribution is -2.47. The van der Waals surface area contributed by atoms with Crippen LogP contribution in [0.5, 0.6) is 17.2 Å². The molecule has 0 aliphatic carbocycles. The number of aryl methyl sites for hydroxylation is 1. The highest BCUT2D eigenvalue weighted by Gasteiger charge is 2.31. The van der Waals surface area contributed by atoms with Crippen molar-refractivity contribution in [3.05, 3.63) is 53.1 Å². The molecule has 7 heteroatoms. The maximum atomic E-state index is 13.7. The number of aromatic hydroxyl groups is 1. The molecule has 4 rings (SSSR count). The van der Waals surface area contributed by atoms with Gasteiger partial charge in [-0.05, 0) is 41.2 Å². The quantitative estimate of drug-likeness (QED) is 0.568. The fraction of sp³-hybridized carbons (Fsp3) is 0.536. The molecule has 2 aliphatic rings. The number of fused-ring (bicyclic) bond motifs is 1. The zero-order chi connectivity index (χ0) is 24.8. The Morgan fingerprint density at radius 1 is 1.20 bits per heavy atom. The first-order valence-corrected chi connectivity index (χ1v) is 13.8. The van der Waals surface area contributed by atoms with Gasteiger partial charge in [0.05, 0.1) is 18.5 Å². The summed E-state index contributed by atoms with van der Waals surface area (Å²) in [4.78, 5) is 18.1. The van der Waals surface area contributed by atoms with E-state index in [1.54, 1.807) is 17.8 Å². The van der Waals surface area contributed by atoms with Crippen molar-refractivity contribution in [1.29, 1.82) is 0 Å². The smallest absolute Gasteiger partial charge is 0.237 e. The Bertz CT molecular complexity index is 1010. The summed E-state index contributed by atoms with van der Waals surface area (Å²) in [6.45, 7) is 11.3. The standard InChI is InChI=1S/C28H38N2O4S/c1-4-22-8-5-6-9-23(22)18-29-10-13-35-26(19-29)28(32)30(16-20(2)3)17-21-14-24(31)27-25(15-21)33-11-7-12-34-27/h5-6,8-9,14-15,20,26,31H,4,7,10-13,16-19H2,1-3H3. The highest BCUT2D eigenvalue weighted by atomic mass is 32.2. The van der Waals surface area contributed by atoms with Gasteiger partial charge in [-0.15, -0.1) is 11.8 Å². The molecule has 2 aliphatic heterocycles. The average molecular weight is 499 g/mol. The summed E-state index contributed by atoms with van der Waals surface area (Å²) in [6, 6.07) is 12.2. The number of benzene rings is 2. The third-order valence-electron chi connectivity index (χ3n) is 6.48. The molecule has 1 fully saturated rings. The van der Waals surface area contributed by atoms with Crippen molar-refractivity contribution in [2.24, 2.45) is 5.92 Å². The van der Waals surface area contributed by atoms with Gasteiger partial charge in [-0.2, -0.15) is 0 Å². The van der Waals surface area contributed by atoms with Gasteiger partial charge in [0.15, 0.2) is 11.5 Å². The van der Waals surface area contributed by atoms with Crippen LogP contribution >= 0.6 is 11.8 Å². The SMILES string of the molecule is CCc1ccccc1CN1CCSC(C(=O)N(Cc2cc(O)c3c(c2)OCCCO3)CC(C)C)C1. The normalized spacial score (nSPS) is 18.3. The molecule has 0 radical (unpaired) electrons. The molecule has 0 aromatic heterocycles. The lowest BCUT2D eigenvalue weighted by atomic mass is 10.0. The number of carbonyl (C=O) groups excluding carboxylic acids is 1. The van der Waals surface area contributed by atoms with E-state index in [0.717, 1.165) is 43.8 Å². The van der Waals surface area contributed by atoms with E-state index in [9.17, 15) is 9.90 Å². The minimum Gasteiger partial charge on any atom is -0.504 e. The van der Waals surface area contributed by atoms with Crippen LogP contribution in [0.15, 0.2) is 36.4 Å². The number of thioether (sulfide) groups is 1. The van der Waals surface area contributed by atoms with Crippen molar-refractivity contribution in [1.82, 2.24) is 9.80 Å². The molecule has 0 saturated carbocycles. The maximum Gasteiger partial charge on any atom is 0.237 e. The van der Waals surface area contributed by atoms with Crippen LogP contribution in [0.1, 0.15) is 43.9 Å². The first-order chi connectivity index (χ1) is 16.9. The topological polar surface area (TPSA) is 62.2 Å². The minimum atomic E-state index is -0.0923. The second-order valence-corrected chi connectivity index (χ2v) is 11.1. The highest BCUT2D eigenvalue weighted by Crippen LogP contribution is 2.39. The van der Waals surface area contributed by atoms with Gasteiger partial charge in [0.25, 0.3) is 0 Å². The number of nitrogens with zero attached hydrogens (tertiary/aromatic N) is 2. The van der Waals surface area contributed by atoms with E-state index in [2.05, 4.69) is 49.9 Å². The lowest BCUT2D eigenvalue weighted by Gasteiger charge is -2.35.